The Balaban J connectivity index is 1.77. The van der Waals surface area contributed by atoms with Crippen LogP contribution in [-0.4, -0.2) is 12.5 Å². The molecule has 1 unspecified atom stereocenters. The number of hydrogen-bond acceptors (Lipinski definition) is 2. The lowest BCUT2D eigenvalue weighted by atomic mass is 9.98. The molecule has 0 aliphatic rings. The van der Waals surface area contributed by atoms with Crippen LogP contribution in [0.15, 0.2) is 47.8 Å². The summed E-state index contributed by atoms with van der Waals surface area (Å²) in [5.74, 6) is 0.500. The van der Waals surface area contributed by atoms with Crippen molar-refractivity contribution >= 4 is 17.2 Å². The van der Waals surface area contributed by atoms with Crippen LogP contribution in [0.1, 0.15) is 34.5 Å². The van der Waals surface area contributed by atoms with E-state index in [1.165, 1.54) is 16.9 Å². The first-order valence-electron chi connectivity index (χ1n) is 6.14. The predicted octanol–water partition coefficient (Wildman–Crippen LogP) is 3.67. The van der Waals surface area contributed by atoms with Gasteiger partial charge >= 0.3 is 0 Å². The maximum absolute atomic E-state index is 11.7. The molecule has 2 aromatic rings. The van der Waals surface area contributed by atoms with E-state index in [0.717, 1.165) is 11.3 Å². The zero-order chi connectivity index (χ0) is 12.8. The van der Waals surface area contributed by atoms with E-state index in [1.807, 2.05) is 23.6 Å². The average molecular weight is 259 g/mol. The zero-order valence-corrected chi connectivity index (χ0v) is 11.2. The largest absolute Gasteiger partial charge is 0.351 e. The highest BCUT2D eigenvalue weighted by Crippen LogP contribution is 2.17. The molecule has 1 aromatic heterocycles. The second kappa shape index (κ2) is 6.36. The van der Waals surface area contributed by atoms with Crippen LogP contribution < -0.4 is 5.32 Å². The number of benzene rings is 1. The molecular formula is C15H17NOS. The molecule has 0 spiro atoms. The van der Waals surface area contributed by atoms with Crippen LogP contribution in [-0.2, 0) is 0 Å². The molecule has 18 heavy (non-hydrogen) atoms. The Morgan fingerprint density at radius 2 is 2.00 bits per heavy atom. The lowest BCUT2D eigenvalue weighted by Gasteiger charge is -2.12. The molecule has 0 fully saturated rings. The van der Waals surface area contributed by atoms with Crippen molar-refractivity contribution in [1.82, 2.24) is 5.32 Å². The van der Waals surface area contributed by atoms with Crippen molar-refractivity contribution in [3.63, 3.8) is 0 Å². The molecule has 0 saturated carbocycles. The molecule has 2 rings (SSSR count). The predicted molar refractivity (Wildman–Crippen MR) is 76.1 cm³/mol. The molecule has 1 N–H and O–H groups in total. The standard InChI is InChI=1S/C15H17NOS/c1-12(13-6-3-2-4-7-13)9-10-16-15(17)14-8-5-11-18-14/h2-8,11-12H,9-10H2,1H3,(H,16,17). The number of hydrogen-bond donors (Lipinski definition) is 1. The van der Waals surface area contributed by atoms with E-state index in [-0.39, 0.29) is 5.91 Å². The second-order valence-corrected chi connectivity index (χ2v) is 5.28. The molecule has 1 atom stereocenters. The van der Waals surface area contributed by atoms with Crippen molar-refractivity contribution < 1.29 is 4.79 Å². The van der Waals surface area contributed by atoms with Gasteiger partial charge in [-0.2, -0.15) is 0 Å². The number of rotatable bonds is 5. The highest BCUT2D eigenvalue weighted by molar-refractivity contribution is 7.12. The Morgan fingerprint density at radius 1 is 1.22 bits per heavy atom. The fourth-order valence-electron chi connectivity index (χ4n) is 1.85. The number of nitrogens with one attached hydrogen (secondary N) is 1. The van der Waals surface area contributed by atoms with Crippen molar-refractivity contribution in [3.8, 4) is 0 Å². The summed E-state index contributed by atoms with van der Waals surface area (Å²) >= 11 is 1.47. The lowest BCUT2D eigenvalue weighted by Crippen LogP contribution is -2.24. The summed E-state index contributed by atoms with van der Waals surface area (Å²) < 4.78 is 0. The maximum Gasteiger partial charge on any atom is 0.261 e. The van der Waals surface area contributed by atoms with Gasteiger partial charge in [0.1, 0.15) is 0 Å². The first-order valence-corrected chi connectivity index (χ1v) is 7.02. The van der Waals surface area contributed by atoms with Crippen LogP contribution in [0.5, 0.6) is 0 Å². The van der Waals surface area contributed by atoms with Crippen LogP contribution in [0, 0.1) is 0 Å². The van der Waals surface area contributed by atoms with Crippen LogP contribution in [0.25, 0.3) is 0 Å². The van der Waals surface area contributed by atoms with E-state index in [2.05, 4.69) is 36.5 Å². The van der Waals surface area contributed by atoms with Gasteiger partial charge in [0.15, 0.2) is 0 Å². The third-order valence-electron chi connectivity index (χ3n) is 2.98. The van der Waals surface area contributed by atoms with E-state index in [9.17, 15) is 4.79 Å². The van der Waals surface area contributed by atoms with E-state index >= 15 is 0 Å². The summed E-state index contributed by atoms with van der Waals surface area (Å²) in [5, 5.41) is 4.88. The van der Waals surface area contributed by atoms with Crippen molar-refractivity contribution in [3.05, 3.63) is 58.3 Å². The summed E-state index contributed by atoms with van der Waals surface area (Å²) in [4.78, 5) is 12.5. The Kier molecular flexibility index (Phi) is 4.53. The quantitative estimate of drug-likeness (QED) is 0.872. The zero-order valence-electron chi connectivity index (χ0n) is 10.4. The van der Waals surface area contributed by atoms with Gasteiger partial charge < -0.3 is 5.32 Å². The van der Waals surface area contributed by atoms with Gasteiger partial charge in [0.25, 0.3) is 5.91 Å². The molecule has 0 aliphatic carbocycles. The number of carbonyl (C=O) groups excluding carboxylic acids is 1. The van der Waals surface area contributed by atoms with Crippen LogP contribution in [0.3, 0.4) is 0 Å². The third kappa shape index (κ3) is 3.44. The SMILES string of the molecule is CC(CCNC(=O)c1cccs1)c1ccccc1. The number of thiophene rings is 1. The van der Waals surface area contributed by atoms with Crippen molar-refractivity contribution in [1.29, 1.82) is 0 Å². The van der Waals surface area contributed by atoms with Crippen LogP contribution in [0.2, 0.25) is 0 Å². The van der Waals surface area contributed by atoms with Crippen molar-refractivity contribution in [2.45, 2.75) is 19.3 Å². The summed E-state index contributed by atoms with van der Waals surface area (Å²) in [5.41, 5.74) is 1.32. The first-order chi connectivity index (χ1) is 8.77. The summed E-state index contributed by atoms with van der Waals surface area (Å²) in [7, 11) is 0. The maximum atomic E-state index is 11.7. The van der Waals surface area contributed by atoms with Gasteiger partial charge in [-0.15, -0.1) is 11.3 Å². The van der Waals surface area contributed by atoms with Gasteiger partial charge in [0.2, 0.25) is 0 Å². The molecule has 0 bridgehead atoms. The minimum Gasteiger partial charge on any atom is -0.351 e. The monoisotopic (exact) mass is 259 g/mol. The van der Waals surface area contributed by atoms with Crippen molar-refractivity contribution in [2.24, 2.45) is 0 Å². The molecule has 3 heteroatoms. The molecule has 94 valence electrons. The van der Waals surface area contributed by atoms with Gasteiger partial charge in [-0.1, -0.05) is 43.3 Å². The molecule has 0 saturated heterocycles. The third-order valence-corrected chi connectivity index (χ3v) is 3.85. The Morgan fingerprint density at radius 3 is 2.67 bits per heavy atom. The molecule has 1 heterocycles. The topological polar surface area (TPSA) is 29.1 Å². The van der Waals surface area contributed by atoms with Crippen molar-refractivity contribution in [2.75, 3.05) is 6.54 Å². The molecule has 1 amide bonds. The Hall–Kier alpha value is -1.61. The molecule has 2 nitrogen and oxygen atoms in total. The average Bonchev–Trinajstić information content (AvgIpc) is 2.93. The van der Waals surface area contributed by atoms with Gasteiger partial charge in [0, 0.05) is 6.54 Å². The summed E-state index contributed by atoms with van der Waals surface area (Å²) in [6.07, 6.45) is 0.959. The van der Waals surface area contributed by atoms with E-state index in [1.54, 1.807) is 0 Å². The fourth-order valence-corrected chi connectivity index (χ4v) is 2.49. The van der Waals surface area contributed by atoms with Crippen LogP contribution in [0.4, 0.5) is 0 Å². The normalized spacial score (nSPS) is 12.1. The van der Waals surface area contributed by atoms with E-state index in [0.29, 0.717) is 12.5 Å². The lowest BCUT2D eigenvalue weighted by molar-refractivity contribution is 0.0956. The molecule has 0 aliphatic heterocycles. The Labute approximate surface area is 112 Å². The summed E-state index contributed by atoms with van der Waals surface area (Å²) in [6, 6.07) is 14.1. The minimum atomic E-state index is 0.0326. The highest BCUT2D eigenvalue weighted by Gasteiger charge is 2.08. The number of amides is 1. The van der Waals surface area contributed by atoms with E-state index < -0.39 is 0 Å². The first kappa shape index (κ1) is 12.8. The van der Waals surface area contributed by atoms with Gasteiger partial charge in [-0.25, -0.2) is 0 Å². The Bertz CT molecular complexity index is 478. The smallest absolute Gasteiger partial charge is 0.261 e. The highest BCUT2D eigenvalue weighted by atomic mass is 32.1. The minimum absolute atomic E-state index is 0.0326. The van der Waals surface area contributed by atoms with Gasteiger partial charge in [-0.05, 0) is 29.3 Å². The summed E-state index contributed by atoms with van der Waals surface area (Å²) in [6.45, 7) is 2.90. The van der Waals surface area contributed by atoms with Gasteiger partial charge in [-0.3, -0.25) is 4.79 Å². The molecule has 1 aromatic carbocycles. The van der Waals surface area contributed by atoms with Gasteiger partial charge in [0.05, 0.1) is 4.88 Å². The second-order valence-electron chi connectivity index (χ2n) is 4.33. The molecule has 0 radical (unpaired) electrons. The number of carbonyl (C=O) groups is 1. The fraction of sp³-hybridized carbons (Fsp3) is 0.267. The van der Waals surface area contributed by atoms with Crippen LogP contribution >= 0.6 is 11.3 Å². The molecular weight excluding hydrogens is 242 g/mol. The van der Waals surface area contributed by atoms with E-state index in [4.69, 9.17) is 0 Å².